The Morgan fingerprint density at radius 3 is 2.56 bits per heavy atom. The fourth-order valence-electron chi connectivity index (χ4n) is 3.28. The molecule has 1 heterocycles. The second kappa shape index (κ2) is 7.38. The van der Waals surface area contributed by atoms with Crippen LogP contribution >= 0.6 is 0 Å². The molecule has 0 saturated carbocycles. The largest absolute Gasteiger partial charge is 0.497 e. The lowest BCUT2D eigenvalue weighted by molar-refractivity contribution is -0.142. The smallest absolute Gasteiger partial charge is 0.303 e. The van der Waals surface area contributed by atoms with Gasteiger partial charge in [0.25, 0.3) is 0 Å². The summed E-state index contributed by atoms with van der Waals surface area (Å²) >= 11 is 0. The van der Waals surface area contributed by atoms with Gasteiger partial charge in [0.15, 0.2) is 0 Å². The summed E-state index contributed by atoms with van der Waals surface area (Å²) in [6, 6.07) is 15.7. The summed E-state index contributed by atoms with van der Waals surface area (Å²) in [6.07, 6.45) is 0.571. The minimum absolute atomic E-state index is 0.0119. The van der Waals surface area contributed by atoms with Crippen LogP contribution < -0.4 is 4.74 Å². The molecule has 25 heavy (non-hydrogen) atoms. The van der Waals surface area contributed by atoms with Gasteiger partial charge in [0, 0.05) is 13.0 Å². The quantitative estimate of drug-likeness (QED) is 0.908. The first-order chi connectivity index (χ1) is 12.1. The molecule has 2 aromatic carbocycles. The standard InChI is InChI=1S/C20H21NO4/c1-25-17-8-7-15-12-18(14-5-3-2-4-6-14)21(13-16(15)11-17)19(22)9-10-20(23)24/h2-8,11,18H,9-10,12-13H2,1H3,(H,23,24). The van der Waals surface area contributed by atoms with E-state index in [1.54, 1.807) is 12.0 Å². The van der Waals surface area contributed by atoms with E-state index in [9.17, 15) is 9.59 Å². The summed E-state index contributed by atoms with van der Waals surface area (Å²) < 4.78 is 5.29. The van der Waals surface area contributed by atoms with Crippen molar-refractivity contribution in [1.29, 1.82) is 0 Å². The van der Waals surface area contributed by atoms with Gasteiger partial charge in [-0.2, -0.15) is 0 Å². The third-order valence-corrected chi connectivity index (χ3v) is 4.60. The lowest BCUT2D eigenvalue weighted by Crippen LogP contribution is -2.39. The number of fused-ring (bicyclic) bond motifs is 1. The van der Waals surface area contributed by atoms with Gasteiger partial charge >= 0.3 is 5.97 Å². The number of hydrogen-bond donors (Lipinski definition) is 1. The van der Waals surface area contributed by atoms with Crippen LogP contribution in [0, 0.1) is 0 Å². The molecule has 2 aromatic rings. The second-order valence-electron chi connectivity index (χ2n) is 6.18. The van der Waals surface area contributed by atoms with Crippen molar-refractivity contribution in [2.45, 2.75) is 31.8 Å². The van der Waals surface area contributed by atoms with E-state index in [1.165, 1.54) is 5.56 Å². The van der Waals surface area contributed by atoms with Crippen molar-refractivity contribution >= 4 is 11.9 Å². The normalized spacial score (nSPS) is 16.2. The highest BCUT2D eigenvalue weighted by Gasteiger charge is 2.31. The van der Waals surface area contributed by atoms with Crippen molar-refractivity contribution in [3.63, 3.8) is 0 Å². The lowest BCUT2D eigenvalue weighted by Gasteiger charge is -2.37. The van der Waals surface area contributed by atoms with E-state index in [0.29, 0.717) is 13.0 Å². The third kappa shape index (κ3) is 3.82. The Hall–Kier alpha value is -2.82. The molecule has 1 amide bonds. The predicted molar refractivity (Wildman–Crippen MR) is 93.3 cm³/mol. The Balaban J connectivity index is 1.92. The van der Waals surface area contributed by atoms with Gasteiger partial charge in [0.05, 0.1) is 19.6 Å². The Morgan fingerprint density at radius 2 is 1.88 bits per heavy atom. The van der Waals surface area contributed by atoms with Gasteiger partial charge in [-0.05, 0) is 35.2 Å². The molecule has 1 aliphatic heterocycles. The molecule has 1 N–H and O–H groups in total. The molecule has 0 aromatic heterocycles. The summed E-state index contributed by atoms with van der Waals surface area (Å²) in [6.45, 7) is 0.463. The Kier molecular flexibility index (Phi) is 5.03. The van der Waals surface area contributed by atoms with Crippen LogP contribution in [-0.4, -0.2) is 29.0 Å². The number of carboxylic acids is 1. The number of amides is 1. The van der Waals surface area contributed by atoms with E-state index in [4.69, 9.17) is 9.84 Å². The van der Waals surface area contributed by atoms with Crippen molar-refractivity contribution in [1.82, 2.24) is 4.90 Å². The maximum absolute atomic E-state index is 12.7. The minimum Gasteiger partial charge on any atom is -0.497 e. The minimum atomic E-state index is -0.955. The molecule has 5 nitrogen and oxygen atoms in total. The van der Waals surface area contributed by atoms with Crippen molar-refractivity contribution in [3.8, 4) is 5.75 Å². The van der Waals surface area contributed by atoms with Gasteiger partial charge in [-0.3, -0.25) is 9.59 Å². The maximum Gasteiger partial charge on any atom is 0.303 e. The van der Waals surface area contributed by atoms with E-state index in [2.05, 4.69) is 0 Å². The molecule has 0 fully saturated rings. The molecular weight excluding hydrogens is 318 g/mol. The van der Waals surface area contributed by atoms with Gasteiger partial charge in [-0.25, -0.2) is 0 Å². The molecule has 5 heteroatoms. The van der Waals surface area contributed by atoms with E-state index >= 15 is 0 Å². The molecule has 1 unspecified atom stereocenters. The van der Waals surface area contributed by atoms with Crippen molar-refractivity contribution in [2.75, 3.05) is 7.11 Å². The van der Waals surface area contributed by atoms with Gasteiger partial charge in [-0.1, -0.05) is 36.4 Å². The van der Waals surface area contributed by atoms with Crippen molar-refractivity contribution < 1.29 is 19.4 Å². The van der Waals surface area contributed by atoms with E-state index in [1.807, 2.05) is 48.5 Å². The SMILES string of the molecule is COc1ccc2c(c1)CN(C(=O)CCC(=O)O)C(c1ccccc1)C2. The number of carbonyl (C=O) groups is 2. The van der Waals surface area contributed by atoms with Crippen LogP contribution in [0.2, 0.25) is 0 Å². The number of rotatable bonds is 5. The summed E-state index contributed by atoms with van der Waals surface area (Å²) in [4.78, 5) is 25.3. The van der Waals surface area contributed by atoms with Crippen LogP contribution in [0.1, 0.15) is 35.6 Å². The molecular formula is C20H21NO4. The third-order valence-electron chi connectivity index (χ3n) is 4.60. The van der Waals surface area contributed by atoms with Crippen molar-refractivity contribution in [2.24, 2.45) is 0 Å². The number of carboxylic acid groups (broad SMARTS) is 1. The summed E-state index contributed by atoms with van der Waals surface area (Å²) in [5.41, 5.74) is 3.31. The van der Waals surface area contributed by atoms with Crippen LogP contribution in [0.5, 0.6) is 5.75 Å². The number of aliphatic carboxylic acids is 1. The molecule has 1 aliphatic rings. The number of benzene rings is 2. The highest BCUT2D eigenvalue weighted by molar-refractivity contribution is 5.81. The fourth-order valence-corrected chi connectivity index (χ4v) is 3.28. The van der Waals surface area contributed by atoms with E-state index in [0.717, 1.165) is 16.9 Å². The first kappa shape index (κ1) is 17.0. The number of ether oxygens (including phenoxy) is 1. The highest BCUT2D eigenvalue weighted by atomic mass is 16.5. The molecule has 1 atom stereocenters. The summed E-state index contributed by atoms with van der Waals surface area (Å²) in [5.74, 6) is -0.330. The van der Waals surface area contributed by atoms with Crippen molar-refractivity contribution in [3.05, 3.63) is 65.2 Å². The molecule has 0 bridgehead atoms. The average Bonchev–Trinajstić information content (AvgIpc) is 2.65. The van der Waals surface area contributed by atoms with Crippen LogP contribution in [0.4, 0.5) is 0 Å². The number of nitrogens with zero attached hydrogens (tertiary/aromatic N) is 1. The zero-order chi connectivity index (χ0) is 17.8. The Labute approximate surface area is 146 Å². The molecule has 0 spiro atoms. The number of methoxy groups -OCH3 is 1. The number of hydrogen-bond acceptors (Lipinski definition) is 3. The zero-order valence-electron chi connectivity index (χ0n) is 14.1. The highest BCUT2D eigenvalue weighted by Crippen LogP contribution is 2.35. The van der Waals surface area contributed by atoms with Crippen LogP contribution in [-0.2, 0) is 22.6 Å². The lowest BCUT2D eigenvalue weighted by atomic mass is 9.89. The van der Waals surface area contributed by atoms with Crippen LogP contribution in [0.25, 0.3) is 0 Å². The summed E-state index contributed by atoms with van der Waals surface area (Å²) in [7, 11) is 1.62. The molecule has 0 saturated heterocycles. The molecule has 3 rings (SSSR count). The Morgan fingerprint density at radius 1 is 1.12 bits per heavy atom. The first-order valence-corrected chi connectivity index (χ1v) is 8.30. The van der Waals surface area contributed by atoms with E-state index < -0.39 is 5.97 Å². The van der Waals surface area contributed by atoms with Gasteiger partial charge < -0.3 is 14.7 Å². The monoisotopic (exact) mass is 339 g/mol. The predicted octanol–water partition coefficient (Wildman–Crippen LogP) is 3.19. The number of carbonyl (C=O) groups excluding carboxylic acids is 1. The zero-order valence-corrected chi connectivity index (χ0v) is 14.1. The van der Waals surface area contributed by atoms with Crippen LogP contribution in [0.15, 0.2) is 48.5 Å². The molecule has 130 valence electrons. The maximum atomic E-state index is 12.7. The second-order valence-corrected chi connectivity index (χ2v) is 6.18. The van der Waals surface area contributed by atoms with Gasteiger partial charge in [0.1, 0.15) is 5.75 Å². The first-order valence-electron chi connectivity index (χ1n) is 8.30. The Bertz CT molecular complexity index is 773. The molecule has 0 radical (unpaired) electrons. The average molecular weight is 339 g/mol. The summed E-state index contributed by atoms with van der Waals surface area (Å²) in [5, 5.41) is 8.88. The van der Waals surface area contributed by atoms with Crippen LogP contribution in [0.3, 0.4) is 0 Å². The van der Waals surface area contributed by atoms with E-state index in [-0.39, 0.29) is 24.8 Å². The molecule has 0 aliphatic carbocycles. The van der Waals surface area contributed by atoms with Gasteiger partial charge in [-0.15, -0.1) is 0 Å². The topological polar surface area (TPSA) is 66.8 Å². The van der Waals surface area contributed by atoms with Gasteiger partial charge in [0.2, 0.25) is 5.91 Å². The fraction of sp³-hybridized carbons (Fsp3) is 0.300.